The van der Waals surface area contributed by atoms with E-state index in [4.69, 9.17) is 18.9 Å². The zero-order chi connectivity index (χ0) is 99.3. The van der Waals surface area contributed by atoms with Crippen LogP contribution in [-0.2, 0) is 43.9 Å². The van der Waals surface area contributed by atoms with E-state index in [0.29, 0.717) is 70.9 Å². The van der Waals surface area contributed by atoms with Crippen molar-refractivity contribution in [2.45, 2.75) is 338 Å². The molecule has 136 heavy (non-hydrogen) atoms. The van der Waals surface area contributed by atoms with Crippen LogP contribution in [0.1, 0.15) is 333 Å². The van der Waals surface area contributed by atoms with Gasteiger partial charge in [-0.2, -0.15) is 52.7 Å². The number of hydrogen-bond acceptors (Lipinski definition) is 8. The fourth-order valence-corrected chi connectivity index (χ4v) is 23.8. The van der Waals surface area contributed by atoms with Crippen LogP contribution in [-0.4, -0.2) is 68.7 Å². The largest absolute Gasteiger partial charge is 0.490 e. The maximum atomic E-state index is 14.3. The van der Waals surface area contributed by atoms with Crippen molar-refractivity contribution >= 4 is 67.0 Å². The zero-order valence-electron chi connectivity index (χ0n) is 81.7. The minimum absolute atomic E-state index is 0.0221. The number of hydrogen-bond donors (Lipinski definition) is 4. The lowest BCUT2D eigenvalue weighted by Crippen LogP contribution is -2.49. The number of halogens is 12. The van der Waals surface area contributed by atoms with Crippen molar-refractivity contribution in [1.29, 1.82) is 0 Å². The van der Waals surface area contributed by atoms with Crippen molar-refractivity contribution in [2.24, 2.45) is 92.7 Å². The minimum atomic E-state index is -4.52. The summed E-state index contributed by atoms with van der Waals surface area (Å²) in [6.45, 7) is 32.6. The maximum Gasteiger partial charge on any atom is 0.420 e. The molecule has 8 fully saturated rings. The molecule has 0 unspecified atom stereocenters. The van der Waals surface area contributed by atoms with Crippen LogP contribution in [0, 0.1) is 92.7 Å². The van der Waals surface area contributed by atoms with Crippen LogP contribution >= 0.6 is 0 Å². The van der Waals surface area contributed by atoms with E-state index in [9.17, 15) is 92.3 Å². The SMILES string of the molecule is CC1CCC(Oc2ccc3ccc([C@@H](C)C[C@H]4C[C@@H](C(=O)O)C4(C)C)cc3c2C(F)(F)F)CC1.CC1CCC(Oc2ccc3ccc([C@@H](C)C[C@H]4C[C@H](C(=O)O)C4(C)C)cc3c2C(F)(F)F)CC1.CC1CCC(Oc2ccc3ccc([C@H](C)C[C@H]4C[C@@H](C(=O)O)C4(C)C)cc3c2C(F)(F)F)CC1.CC1CCC(Oc2ccc3ccc([C@H](C)C[C@H]4C[C@H](C(=O)O)C4(C)C)cc3c2C(F)(F)F)CC1. The first kappa shape index (κ1) is 104. The van der Waals surface area contributed by atoms with Crippen LogP contribution in [0.2, 0.25) is 0 Å². The number of carbonyl (C=O) groups is 4. The molecule has 0 bridgehead atoms. The van der Waals surface area contributed by atoms with E-state index >= 15 is 0 Å². The van der Waals surface area contributed by atoms with Crippen LogP contribution in [0.15, 0.2) is 121 Å². The molecule has 0 saturated heterocycles. The first-order valence-electron chi connectivity index (χ1n) is 49.6. The van der Waals surface area contributed by atoms with Gasteiger partial charge in [0.1, 0.15) is 45.3 Å². The molecular formula is C112H140F12O12. The molecule has 744 valence electrons. The number of carboxylic acid groups (broad SMARTS) is 4. The Labute approximate surface area is 793 Å². The van der Waals surface area contributed by atoms with E-state index in [2.05, 4.69) is 27.7 Å². The average molecular weight is 1910 g/mol. The Kier molecular flexibility index (Phi) is 31.5. The second-order valence-corrected chi connectivity index (χ2v) is 44.8. The highest BCUT2D eigenvalue weighted by Gasteiger charge is 2.56. The predicted molar refractivity (Wildman–Crippen MR) is 508 cm³/mol. The lowest BCUT2D eigenvalue weighted by molar-refractivity contribution is -0.160. The van der Waals surface area contributed by atoms with Crippen molar-refractivity contribution in [3.05, 3.63) is 166 Å². The zero-order valence-corrected chi connectivity index (χ0v) is 81.7. The molecule has 8 aliphatic carbocycles. The van der Waals surface area contributed by atoms with Gasteiger partial charge < -0.3 is 39.4 Å². The summed E-state index contributed by atoms with van der Waals surface area (Å²) in [7, 11) is 0. The molecule has 24 heteroatoms. The number of alkyl halides is 12. The van der Waals surface area contributed by atoms with E-state index in [1.165, 1.54) is 24.3 Å². The molecule has 0 aromatic heterocycles. The molecule has 8 aliphatic rings. The third-order valence-corrected chi connectivity index (χ3v) is 34.1. The molecular weight excluding hydrogens is 1770 g/mol. The van der Waals surface area contributed by atoms with Crippen LogP contribution < -0.4 is 18.9 Å². The summed E-state index contributed by atoms with van der Waals surface area (Å²) in [5.74, 6) is -1.46. The van der Waals surface area contributed by atoms with Gasteiger partial charge in [0.2, 0.25) is 0 Å². The van der Waals surface area contributed by atoms with E-state index < -0.39 is 70.8 Å². The van der Waals surface area contributed by atoms with E-state index in [-0.39, 0.29) is 162 Å². The van der Waals surface area contributed by atoms with E-state index in [1.807, 2.05) is 107 Å². The van der Waals surface area contributed by atoms with Gasteiger partial charge in [0.15, 0.2) is 0 Å². The summed E-state index contributed by atoms with van der Waals surface area (Å²) in [5.41, 5.74) is -0.626. The van der Waals surface area contributed by atoms with Crippen LogP contribution in [0.4, 0.5) is 52.7 Å². The highest BCUT2D eigenvalue weighted by molar-refractivity contribution is 5.92. The predicted octanol–water partition coefficient (Wildman–Crippen LogP) is 32.2. The Morgan fingerprint density at radius 1 is 0.287 bits per heavy atom. The third-order valence-electron chi connectivity index (χ3n) is 34.1. The Morgan fingerprint density at radius 3 is 0.596 bits per heavy atom. The lowest BCUT2D eigenvalue weighted by Gasteiger charge is -2.51. The second kappa shape index (κ2) is 41.1. The number of rotatable bonds is 24. The highest BCUT2D eigenvalue weighted by Crippen LogP contribution is 2.60. The second-order valence-electron chi connectivity index (χ2n) is 44.8. The number of benzene rings is 8. The molecule has 8 aromatic rings. The summed E-state index contributed by atoms with van der Waals surface area (Å²) >= 11 is 0. The fraction of sp³-hybridized carbons (Fsp3) is 0.607. The van der Waals surface area contributed by atoms with Crippen LogP contribution in [0.3, 0.4) is 0 Å². The maximum absolute atomic E-state index is 14.3. The number of ether oxygens (including phenoxy) is 4. The normalized spacial score (nSPS) is 27.7. The molecule has 16 rings (SSSR count). The molecule has 0 radical (unpaired) electrons. The lowest BCUT2D eigenvalue weighted by atomic mass is 9.53. The van der Waals surface area contributed by atoms with E-state index in [1.54, 1.807) is 72.8 Å². The van der Waals surface area contributed by atoms with Gasteiger partial charge in [-0.25, -0.2) is 0 Å². The molecule has 8 aromatic carbocycles. The number of carboxylic acids is 4. The summed E-state index contributed by atoms with van der Waals surface area (Å²) in [5, 5.41) is 40.5. The van der Waals surface area contributed by atoms with Crippen LogP contribution in [0.25, 0.3) is 43.1 Å². The van der Waals surface area contributed by atoms with Crippen molar-refractivity contribution in [3.8, 4) is 23.0 Å². The van der Waals surface area contributed by atoms with Gasteiger partial charge in [-0.3, -0.25) is 19.2 Å². The third kappa shape index (κ3) is 23.4. The molecule has 0 aliphatic heterocycles. The molecule has 12 nitrogen and oxygen atoms in total. The molecule has 4 N–H and O–H groups in total. The highest BCUT2D eigenvalue weighted by atomic mass is 19.4. The van der Waals surface area contributed by atoms with Gasteiger partial charge in [0.05, 0.1) is 48.1 Å². The van der Waals surface area contributed by atoms with Crippen molar-refractivity contribution < 1.29 is 111 Å². The van der Waals surface area contributed by atoms with Gasteiger partial charge in [0, 0.05) is 0 Å². The van der Waals surface area contributed by atoms with Gasteiger partial charge in [-0.05, 0) is 336 Å². The topological polar surface area (TPSA) is 186 Å². The van der Waals surface area contributed by atoms with Crippen molar-refractivity contribution in [3.63, 3.8) is 0 Å². The Balaban J connectivity index is 0.000000153. The van der Waals surface area contributed by atoms with Gasteiger partial charge >= 0.3 is 48.6 Å². The standard InChI is InChI=1S/4C28H35F3O3/c4*1-16-5-10-21(11-6-16)34-24-12-9-18-7-8-19(14-22(18)25(24)28(29,30)31)17(2)13-20-15-23(26(32)33)27(20,3)4/h4*7-9,12,14,16-17,20-21,23H,5-6,10-11,13,15H2,1-4H3,(H,32,33)/t16?,17-,20+,21?,23+;16?,17-,20+,21?,23-;16?,17-,20-,21?,23+;16?,17-,20-,21?,23-/m1100/s1. The Morgan fingerprint density at radius 2 is 0.449 bits per heavy atom. The monoisotopic (exact) mass is 1910 g/mol. The number of aliphatic carboxylic acids is 4. The minimum Gasteiger partial charge on any atom is -0.490 e. The molecule has 12 atom stereocenters. The molecule has 8 saturated carbocycles. The molecule has 0 amide bonds. The summed E-state index contributed by atoms with van der Waals surface area (Å²) < 4.78 is 195. The van der Waals surface area contributed by atoms with Gasteiger partial charge in [-0.15, -0.1) is 0 Å². The van der Waals surface area contributed by atoms with Gasteiger partial charge in [0.25, 0.3) is 0 Å². The van der Waals surface area contributed by atoms with Crippen molar-refractivity contribution in [2.75, 3.05) is 0 Å². The Bertz CT molecular complexity index is 4880. The quantitative estimate of drug-likeness (QED) is 0.0420. The summed E-state index contributed by atoms with van der Waals surface area (Å²) in [6.07, 6.45) is 0.677. The van der Waals surface area contributed by atoms with E-state index in [0.717, 1.165) is 151 Å². The smallest absolute Gasteiger partial charge is 0.420 e. The first-order chi connectivity index (χ1) is 63.5. The first-order valence-corrected chi connectivity index (χ1v) is 49.6. The summed E-state index contributed by atoms with van der Waals surface area (Å²) in [6, 6.07) is 34.0. The molecule has 0 heterocycles. The molecule has 0 spiro atoms. The van der Waals surface area contributed by atoms with Crippen LogP contribution in [0.5, 0.6) is 23.0 Å². The fourth-order valence-electron chi connectivity index (χ4n) is 23.8. The van der Waals surface area contributed by atoms with Gasteiger partial charge in [-0.1, -0.05) is 208 Å². The average Bonchev–Trinajstić information content (AvgIpc) is 0.749. The number of fused-ring (bicyclic) bond motifs is 4. The Hall–Kier alpha value is -8.96. The summed E-state index contributed by atoms with van der Waals surface area (Å²) in [4.78, 5) is 45.8. The van der Waals surface area contributed by atoms with Crippen molar-refractivity contribution in [1.82, 2.24) is 0 Å².